The van der Waals surface area contributed by atoms with Gasteiger partial charge in [0.15, 0.2) is 0 Å². The molecule has 0 aliphatic heterocycles. The van der Waals surface area contributed by atoms with Crippen molar-refractivity contribution in [2.75, 3.05) is 0 Å². The predicted molar refractivity (Wildman–Crippen MR) is 123 cm³/mol. The Bertz CT molecular complexity index is 1220. The molecule has 0 radical (unpaired) electrons. The maximum atomic E-state index is 12.7. The van der Waals surface area contributed by atoms with E-state index < -0.39 is 0 Å². The number of ether oxygens (including phenoxy) is 1. The number of halogens is 1. The molecule has 31 heavy (non-hydrogen) atoms. The van der Waals surface area contributed by atoms with Crippen molar-refractivity contribution in [1.82, 2.24) is 14.9 Å². The van der Waals surface area contributed by atoms with Gasteiger partial charge in [0.2, 0.25) is 0 Å². The van der Waals surface area contributed by atoms with Crippen molar-refractivity contribution in [3.63, 3.8) is 0 Å². The van der Waals surface area contributed by atoms with E-state index in [0.717, 1.165) is 22.4 Å². The van der Waals surface area contributed by atoms with Gasteiger partial charge in [-0.05, 0) is 60.5 Å². The molecule has 2 aromatic carbocycles. The van der Waals surface area contributed by atoms with Crippen molar-refractivity contribution in [2.24, 2.45) is 7.05 Å². The Morgan fingerprint density at radius 2 is 1.87 bits per heavy atom. The zero-order chi connectivity index (χ0) is 21.8. The lowest BCUT2D eigenvalue weighted by atomic mass is 10.1. The van der Waals surface area contributed by atoms with Crippen molar-refractivity contribution >= 4 is 17.5 Å². The van der Waals surface area contributed by atoms with E-state index in [-0.39, 0.29) is 5.91 Å². The molecule has 1 amide bonds. The highest BCUT2D eigenvalue weighted by Gasteiger charge is 2.10. The summed E-state index contributed by atoms with van der Waals surface area (Å²) in [5.74, 6) is 1.09. The van der Waals surface area contributed by atoms with Crippen LogP contribution in [0.25, 0.3) is 11.3 Å². The summed E-state index contributed by atoms with van der Waals surface area (Å²) in [6.45, 7) is 2.36. The number of aromatic nitrogens is 2. The number of benzene rings is 2. The lowest BCUT2D eigenvalue weighted by Gasteiger charge is -2.11. The number of nitrogens with zero attached hydrogens (tertiary/aromatic N) is 2. The van der Waals surface area contributed by atoms with E-state index in [1.54, 1.807) is 30.5 Å². The van der Waals surface area contributed by atoms with Crippen molar-refractivity contribution in [3.05, 3.63) is 101 Å². The first-order valence-corrected chi connectivity index (χ1v) is 10.2. The molecule has 5 nitrogen and oxygen atoms in total. The number of hydrogen-bond donors (Lipinski definition) is 1. The summed E-state index contributed by atoms with van der Waals surface area (Å²) in [6.07, 6.45) is 5.69. The van der Waals surface area contributed by atoms with Gasteiger partial charge in [-0.3, -0.25) is 9.78 Å². The van der Waals surface area contributed by atoms with Gasteiger partial charge in [-0.1, -0.05) is 23.7 Å². The number of nitrogens with one attached hydrogen (secondary N) is 1. The topological polar surface area (TPSA) is 56.2 Å². The number of rotatable bonds is 6. The van der Waals surface area contributed by atoms with Crippen LogP contribution >= 0.6 is 11.6 Å². The van der Waals surface area contributed by atoms with Gasteiger partial charge in [-0.25, -0.2) is 0 Å². The van der Waals surface area contributed by atoms with Gasteiger partial charge in [0.25, 0.3) is 5.91 Å². The standard InChI is InChI=1S/C25H22ClN3O2/c1-17-11-20(25(30)28-15-18-3-5-21(26)6-4-18)13-23(12-17)31-22-7-9-27-24(14-22)19-8-10-29(2)16-19/h3-14,16H,15H2,1-2H3,(H,28,30). The summed E-state index contributed by atoms with van der Waals surface area (Å²) in [7, 11) is 1.97. The fourth-order valence-electron chi connectivity index (χ4n) is 3.25. The molecule has 0 aliphatic rings. The lowest BCUT2D eigenvalue weighted by Crippen LogP contribution is -2.22. The molecule has 0 saturated heterocycles. The van der Waals surface area contributed by atoms with Crippen LogP contribution < -0.4 is 10.1 Å². The van der Waals surface area contributed by atoms with Crippen LogP contribution in [0.15, 0.2) is 79.3 Å². The molecule has 2 aromatic heterocycles. The molecular formula is C25H22ClN3O2. The first-order valence-electron chi connectivity index (χ1n) is 9.87. The molecule has 1 N–H and O–H groups in total. The second-order valence-corrected chi connectivity index (χ2v) is 7.82. The van der Waals surface area contributed by atoms with Crippen LogP contribution in [0.3, 0.4) is 0 Å². The van der Waals surface area contributed by atoms with Crippen LogP contribution in [0.4, 0.5) is 0 Å². The average molecular weight is 432 g/mol. The number of carbonyl (C=O) groups excluding carboxylic acids is 1. The minimum atomic E-state index is -0.164. The van der Waals surface area contributed by atoms with Crippen LogP contribution in [-0.4, -0.2) is 15.5 Å². The molecule has 0 spiro atoms. The van der Waals surface area contributed by atoms with E-state index in [4.69, 9.17) is 16.3 Å². The number of carbonyl (C=O) groups is 1. The average Bonchev–Trinajstić information content (AvgIpc) is 3.19. The normalized spacial score (nSPS) is 10.7. The first kappa shape index (κ1) is 20.7. The Hall–Kier alpha value is -3.57. The summed E-state index contributed by atoms with van der Waals surface area (Å²) in [5, 5.41) is 3.60. The summed E-state index contributed by atoms with van der Waals surface area (Å²) in [4.78, 5) is 17.1. The first-order chi connectivity index (χ1) is 15.0. The smallest absolute Gasteiger partial charge is 0.251 e. The molecule has 0 unspecified atom stereocenters. The quantitative estimate of drug-likeness (QED) is 0.421. The molecular weight excluding hydrogens is 410 g/mol. The highest BCUT2D eigenvalue weighted by atomic mass is 35.5. The molecule has 0 aliphatic carbocycles. The van der Waals surface area contributed by atoms with Crippen molar-refractivity contribution in [3.8, 4) is 22.8 Å². The number of aryl methyl sites for hydroxylation is 2. The number of amides is 1. The van der Waals surface area contributed by atoms with Gasteiger partial charge >= 0.3 is 0 Å². The van der Waals surface area contributed by atoms with Crippen LogP contribution in [-0.2, 0) is 13.6 Å². The molecule has 0 saturated carbocycles. The van der Waals surface area contributed by atoms with Crippen LogP contribution in [0, 0.1) is 6.92 Å². The zero-order valence-corrected chi connectivity index (χ0v) is 18.1. The van der Waals surface area contributed by atoms with Crippen LogP contribution in [0.5, 0.6) is 11.5 Å². The van der Waals surface area contributed by atoms with Gasteiger partial charge in [0.1, 0.15) is 11.5 Å². The Morgan fingerprint density at radius 3 is 2.61 bits per heavy atom. The monoisotopic (exact) mass is 431 g/mol. The lowest BCUT2D eigenvalue weighted by molar-refractivity contribution is 0.0950. The van der Waals surface area contributed by atoms with Crippen LogP contribution in [0.1, 0.15) is 21.5 Å². The van der Waals surface area contributed by atoms with Crippen molar-refractivity contribution in [1.29, 1.82) is 0 Å². The predicted octanol–water partition coefficient (Wildman–Crippen LogP) is 5.77. The van der Waals surface area contributed by atoms with E-state index in [1.807, 2.05) is 67.3 Å². The minimum absolute atomic E-state index is 0.164. The van der Waals surface area contributed by atoms with E-state index in [9.17, 15) is 4.79 Å². The number of pyridine rings is 1. The Kier molecular flexibility index (Phi) is 6.05. The summed E-state index contributed by atoms with van der Waals surface area (Å²) < 4.78 is 8.03. The molecule has 2 heterocycles. The zero-order valence-electron chi connectivity index (χ0n) is 17.3. The number of hydrogen-bond acceptors (Lipinski definition) is 3. The summed E-state index contributed by atoms with van der Waals surface area (Å²) in [6, 6.07) is 18.6. The Labute approximate surface area is 186 Å². The Morgan fingerprint density at radius 1 is 1.06 bits per heavy atom. The largest absolute Gasteiger partial charge is 0.457 e. The van der Waals surface area contributed by atoms with Gasteiger partial charge in [-0.15, -0.1) is 0 Å². The molecule has 0 fully saturated rings. The summed E-state index contributed by atoms with van der Waals surface area (Å²) in [5.41, 5.74) is 4.30. The van der Waals surface area contributed by atoms with Crippen LogP contribution in [0.2, 0.25) is 5.02 Å². The summed E-state index contributed by atoms with van der Waals surface area (Å²) >= 11 is 5.91. The fourth-order valence-corrected chi connectivity index (χ4v) is 3.37. The van der Waals surface area contributed by atoms with E-state index >= 15 is 0 Å². The van der Waals surface area contributed by atoms with Crippen molar-refractivity contribution in [2.45, 2.75) is 13.5 Å². The maximum absolute atomic E-state index is 12.7. The van der Waals surface area contributed by atoms with Gasteiger partial charge < -0.3 is 14.6 Å². The van der Waals surface area contributed by atoms with Crippen molar-refractivity contribution < 1.29 is 9.53 Å². The molecule has 4 aromatic rings. The van der Waals surface area contributed by atoms with E-state index in [1.165, 1.54) is 0 Å². The molecule has 6 heteroatoms. The Balaban J connectivity index is 1.48. The van der Waals surface area contributed by atoms with Gasteiger partial charge in [0, 0.05) is 54.4 Å². The fraction of sp³-hybridized carbons (Fsp3) is 0.120. The van der Waals surface area contributed by atoms with E-state index in [2.05, 4.69) is 10.3 Å². The second kappa shape index (κ2) is 9.06. The second-order valence-electron chi connectivity index (χ2n) is 7.39. The minimum Gasteiger partial charge on any atom is -0.457 e. The molecule has 0 bridgehead atoms. The highest BCUT2D eigenvalue weighted by Crippen LogP contribution is 2.27. The third-order valence-corrected chi connectivity index (χ3v) is 5.03. The third kappa shape index (κ3) is 5.32. The van der Waals surface area contributed by atoms with Gasteiger partial charge in [-0.2, -0.15) is 0 Å². The molecule has 4 rings (SSSR count). The maximum Gasteiger partial charge on any atom is 0.251 e. The highest BCUT2D eigenvalue weighted by molar-refractivity contribution is 6.30. The molecule has 156 valence electrons. The molecule has 0 atom stereocenters. The SMILES string of the molecule is Cc1cc(Oc2ccnc(-c3ccn(C)c3)c2)cc(C(=O)NCc2ccc(Cl)cc2)c1. The van der Waals surface area contributed by atoms with E-state index in [0.29, 0.717) is 28.6 Å². The third-order valence-electron chi connectivity index (χ3n) is 4.77. The van der Waals surface area contributed by atoms with Gasteiger partial charge in [0.05, 0.1) is 5.69 Å².